The van der Waals surface area contributed by atoms with E-state index in [0.29, 0.717) is 0 Å². The lowest BCUT2D eigenvalue weighted by atomic mass is 10.1. The van der Waals surface area contributed by atoms with Crippen LogP contribution in [0.5, 0.6) is 0 Å². The highest BCUT2D eigenvalue weighted by atomic mass is 16.4. The van der Waals surface area contributed by atoms with E-state index in [-0.39, 0.29) is 0 Å². The van der Waals surface area contributed by atoms with Crippen molar-refractivity contribution in [1.82, 2.24) is 0 Å². The molecule has 0 amide bonds. The Labute approximate surface area is 93.4 Å². The summed E-state index contributed by atoms with van der Waals surface area (Å²) in [5.74, 6) is -0.824. The van der Waals surface area contributed by atoms with E-state index in [1.807, 2.05) is 6.92 Å². The second-order valence-electron chi connectivity index (χ2n) is 4.20. The van der Waals surface area contributed by atoms with Gasteiger partial charge in [0.15, 0.2) is 0 Å². The van der Waals surface area contributed by atoms with E-state index >= 15 is 0 Å². The molecule has 0 aromatic heterocycles. The minimum Gasteiger partial charge on any atom is -0.478 e. The van der Waals surface area contributed by atoms with E-state index in [9.17, 15) is 4.79 Å². The molecular formula is C13H24O2. The Morgan fingerprint density at radius 3 is 2.13 bits per heavy atom. The Morgan fingerprint density at radius 2 is 1.60 bits per heavy atom. The van der Waals surface area contributed by atoms with Crippen molar-refractivity contribution in [3.63, 3.8) is 0 Å². The number of unbranched alkanes of at least 4 members (excludes halogenated alkanes) is 6. The van der Waals surface area contributed by atoms with Gasteiger partial charge < -0.3 is 5.11 Å². The van der Waals surface area contributed by atoms with Gasteiger partial charge in [-0.15, -0.1) is 0 Å². The Bertz CT molecular complexity index is 195. The summed E-state index contributed by atoms with van der Waals surface area (Å²) in [7, 11) is 0. The van der Waals surface area contributed by atoms with Crippen LogP contribution in [0.1, 0.15) is 65.2 Å². The molecule has 0 fully saturated rings. The van der Waals surface area contributed by atoms with E-state index in [0.717, 1.165) is 18.4 Å². The molecule has 0 spiro atoms. The van der Waals surface area contributed by atoms with Crippen LogP contribution in [-0.2, 0) is 4.79 Å². The van der Waals surface area contributed by atoms with E-state index < -0.39 is 5.97 Å². The molecule has 0 aliphatic heterocycles. The predicted molar refractivity (Wildman–Crippen MR) is 64.0 cm³/mol. The van der Waals surface area contributed by atoms with E-state index in [4.69, 9.17) is 5.11 Å². The molecule has 1 N–H and O–H groups in total. The average Bonchev–Trinajstić information content (AvgIpc) is 2.15. The standard InChI is InChI=1S/C13H24O2/c1-3-4-5-6-7-8-9-10-12(2)11-13(14)15/h11H,3-10H2,1-2H3,(H,14,15)/b12-11+. The van der Waals surface area contributed by atoms with Crippen LogP contribution in [0.25, 0.3) is 0 Å². The Hall–Kier alpha value is -0.790. The van der Waals surface area contributed by atoms with Gasteiger partial charge in [0.05, 0.1) is 0 Å². The third-order valence-corrected chi connectivity index (χ3v) is 2.54. The zero-order valence-corrected chi connectivity index (χ0v) is 10.1. The summed E-state index contributed by atoms with van der Waals surface area (Å²) in [6.45, 7) is 4.12. The van der Waals surface area contributed by atoms with Crippen LogP contribution in [0, 0.1) is 0 Å². The highest BCUT2D eigenvalue weighted by molar-refractivity contribution is 5.80. The highest BCUT2D eigenvalue weighted by Gasteiger charge is 1.95. The minimum absolute atomic E-state index is 0.824. The molecular weight excluding hydrogens is 188 g/mol. The van der Waals surface area contributed by atoms with Gasteiger partial charge in [0.1, 0.15) is 0 Å². The number of aliphatic carboxylic acids is 1. The number of carboxylic acids is 1. The van der Waals surface area contributed by atoms with Gasteiger partial charge in [-0.25, -0.2) is 4.79 Å². The first kappa shape index (κ1) is 14.2. The SMILES string of the molecule is CCCCCCCCC/C(C)=C/C(=O)O. The Balaban J connectivity index is 3.27. The van der Waals surface area contributed by atoms with Crippen molar-refractivity contribution in [2.24, 2.45) is 0 Å². The maximum Gasteiger partial charge on any atom is 0.328 e. The summed E-state index contributed by atoms with van der Waals surface area (Å²) in [5, 5.41) is 8.51. The molecule has 0 rings (SSSR count). The minimum atomic E-state index is -0.824. The number of hydrogen-bond donors (Lipinski definition) is 1. The van der Waals surface area contributed by atoms with Crippen LogP contribution in [0.15, 0.2) is 11.6 Å². The van der Waals surface area contributed by atoms with E-state index in [1.54, 1.807) is 0 Å². The summed E-state index contributed by atoms with van der Waals surface area (Å²) >= 11 is 0. The Morgan fingerprint density at radius 1 is 1.07 bits per heavy atom. The van der Waals surface area contributed by atoms with Gasteiger partial charge in [0, 0.05) is 6.08 Å². The molecule has 2 heteroatoms. The number of carbonyl (C=O) groups is 1. The molecule has 0 heterocycles. The molecule has 0 aromatic rings. The van der Waals surface area contributed by atoms with Crippen molar-refractivity contribution in [2.75, 3.05) is 0 Å². The van der Waals surface area contributed by atoms with Gasteiger partial charge in [-0.2, -0.15) is 0 Å². The largest absolute Gasteiger partial charge is 0.478 e. The van der Waals surface area contributed by atoms with Crippen molar-refractivity contribution < 1.29 is 9.90 Å². The van der Waals surface area contributed by atoms with Crippen molar-refractivity contribution in [3.8, 4) is 0 Å². The molecule has 0 radical (unpaired) electrons. The first-order chi connectivity index (χ1) is 7.16. The first-order valence-corrected chi connectivity index (χ1v) is 6.07. The number of carboxylic acid groups (broad SMARTS) is 1. The van der Waals surface area contributed by atoms with Crippen LogP contribution in [-0.4, -0.2) is 11.1 Å². The molecule has 0 bridgehead atoms. The molecule has 0 atom stereocenters. The molecule has 2 nitrogen and oxygen atoms in total. The molecule has 0 saturated carbocycles. The lowest BCUT2D eigenvalue weighted by molar-refractivity contribution is -0.131. The van der Waals surface area contributed by atoms with Gasteiger partial charge in [-0.3, -0.25) is 0 Å². The molecule has 0 aliphatic carbocycles. The number of allylic oxidation sites excluding steroid dienone is 1. The lowest BCUT2D eigenvalue weighted by Crippen LogP contribution is -1.90. The zero-order valence-electron chi connectivity index (χ0n) is 10.1. The normalized spacial score (nSPS) is 11.7. The summed E-state index contributed by atoms with van der Waals surface area (Å²) in [6.07, 6.45) is 11.2. The second kappa shape index (κ2) is 9.75. The first-order valence-electron chi connectivity index (χ1n) is 6.07. The van der Waals surface area contributed by atoms with Gasteiger partial charge in [0.2, 0.25) is 0 Å². The number of rotatable bonds is 9. The fraction of sp³-hybridized carbons (Fsp3) is 0.769. The van der Waals surface area contributed by atoms with Crippen LogP contribution in [0.4, 0.5) is 0 Å². The fourth-order valence-electron chi connectivity index (χ4n) is 1.64. The molecule has 88 valence electrons. The average molecular weight is 212 g/mol. The maximum absolute atomic E-state index is 10.3. The summed E-state index contributed by atoms with van der Waals surface area (Å²) < 4.78 is 0. The van der Waals surface area contributed by atoms with Gasteiger partial charge in [0.25, 0.3) is 0 Å². The topological polar surface area (TPSA) is 37.3 Å². The molecule has 0 aliphatic rings. The van der Waals surface area contributed by atoms with Crippen LogP contribution >= 0.6 is 0 Å². The van der Waals surface area contributed by atoms with Gasteiger partial charge in [-0.05, 0) is 19.8 Å². The van der Waals surface area contributed by atoms with Crippen LogP contribution in [0.3, 0.4) is 0 Å². The third-order valence-electron chi connectivity index (χ3n) is 2.54. The molecule has 0 unspecified atom stereocenters. The lowest BCUT2D eigenvalue weighted by Gasteiger charge is -2.01. The molecule has 0 saturated heterocycles. The number of hydrogen-bond acceptors (Lipinski definition) is 1. The van der Waals surface area contributed by atoms with Crippen molar-refractivity contribution >= 4 is 5.97 Å². The van der Waals surface area contributed by atoms with Crippen LogP contribution < -0.4 is 0 Å². The van der Waals surface area contributed by atoms with Gasteiger partial charge >= 0.3 is 5.97 Å². The van der Waals surface area contributed by atoms with Crippen molar-refractivity contribution in [1.29, 1.82) is 0 Å². The highest BCUT2D eigenvalue weighted by Crippen LogP contribution is 2.11. The van der Waals surface area contributed by atoms with E-state index in [1.165, 1.54) is 44.6 Å². The van der Waals surface area contributed by atoms with Crippen LogP contribution in [0.2, 0.25) is 0 Å². The quantitative estimate of drug-likeness (QED) is 0.460. The molecule has 15 heavy (non-hydrogen) atoms. The van der Waals surface area contributed by atoms with Crippen molar-refractivity contribution in [3.05, 3.63) is 11.6 Å². The summed E-state index contributed by atoms with van der Waals surface area (Å²) in [4.78, 5) is 10.3. The van der Waals surface area contributed by atoms with Crippen molar-refractivity contribution in [2.45, 2.75) is 65.2 Å². The molecule has 0 aromatic carbocycles. The van der Waals surface area contributed by atoms with Gasteiger partial charge in [-0.1, -0.05) is 51.0 Å². The predicted octanol–water partition coefficient (Wildman–Crippen LogP) is 4.16. The summed E-state index contributed by atoms with van der Waals surface area (Å²) in [6, 6.07) is 0. The van der Waals surface area contributed by atoms with E-state index in [2.05, 4.69) is 6.92 Å². The maximum atomic E-state index is 10.3. The smallest absolute Gasteiger partial charge is 0.328 e. The summed E-state index contributed by atoms with van der Waals surface area (Å²) in [5.41, 5.74) is 0.982. The monoisotopic (exact) mass is 212 g/mol. The third kappa shape index (κ3) is 11.1. The second-order valence-corrected chi connectivity index (χ2v) is 4.20. The Kier molecular flexibility index (Phi) is 9.24. The fourth-order valence-corrected chi connectivity index (χ4v) is 1.64. The zero-order chi connectivity index (χ0) is 11.5.